The lowest BCUT2D eigenvalue weighted by atomic mass is 9.97. The molecule has 0 bridgehead atoms. The summed E-state index contributed by atoms with van der Waals surface area (Å²) >= 11 is 0. The van der Waals surface area contributed by atoms with Crippen LogP contribution in [0, 0.1) is 0 Å². The zero-order valence-electron chi connectivity index (χ0n) is 16.8. The number of carbonyl (C=O) groups excluding carboxylic acids is 1. The number of piperazine rings is 1. The molecule has 1 aromatic heterocycles. The van der Waals surface area contributed by atoms with Crippen molar-refractivity contribution in [3.8, 4) is 11.5 Å². The third-order valence-electron chi connectivity index (χ3n) is 5.95. The van der Waals surface area contributed by atoms with Crippen molar-refractivity contribution in [3.05, 3.63) is 41.7 Å². The van der Waals surface area contributed by atoms with E-state index in [4.69, 9.17) is 9.47 Å². The maximum Gasteiger partial charge on any atom is 0.164 e. The SMILES string of the molecule is COc1ccc(N2CCN(CCn3ccc4c3CCCC4=O)CC2)c(OC)c1. The molecule has 1 aliphatic carbocycles. The minimum absolute atomic E-state index is 0.307. The number of anilines is 1. The summed E-state index contributed by atoms with van der Waals surface area (Å²) in [5.41, 5.74) is 3.31. The van der Waals surface area contributed by atoms with Crippen molar-refractivity contribution in [2.24, 2.45) is 0 Å². The predicted molar refractivity (Wildman–Crippen MR) is 110 cm³/mol. The Morgan fingerprint density at radius 3 is 2.54 bits per heavy atom. The second-order valence-electron chi connectivity index (χ2n) is 7.51. The summed E-state index contributed by atoms with van der Waals surface area (Å²) in [6.45, 7) is 5.97. The molecule has 1 aliphatic heterocycles. The molecule has 2 heterocycles. The Kier molecular flexibility index (Phi) is 5.57. The van der Waals surface area contributed by atoms with Gasteiger partial charge in [0.15, 0.2) is 5.78 Å². The highest BCUT2D eigenvalue weighted by atomic mass is 16.5. The monoisotopic (exact) mass is 383 g/mol. The zero-order valence-corrected chi connectivity index (χ0v) is 16.8. The van der Waals surface area contributed by atoms with Crippen molar-refractivity contribution < 1.29 is 14.3 Å². The lowest BCUT2D eigenvalue weighted by Crippen LogP contribution is -2.47. The molecule has 2 aliphatic rings. The Balaban J connectivity index is 1.33. The van der Waals surface area contributed by atoms with Crippen LogP contribution in [0.5, 0.6) is 11.5 Å². The lowest BCUT2D eigenvalue weighted by Gasteiger charge is -2.36. The Labute approximate surface area is 166 Å². The van der Waals surface area contributed by atoms with Gasteiger partial charge in [0.05, 0.1) is 19.9 Å². The average molecular weight is 383 g/mol. The molecular formula is C22H29N3O3. The van der Waals surface area contributed by atoms with E-state index in [1.807, 2.05) is 18.2 Å². The standard InChI is InChI=1S/C22H29N3O3/c1-27-17-6-7-20(22(16-17)28-2)25-14-11-23(12-15-25)10-13-24-9-8-18-19(24)4-3-5-21(18)26/h6-9,16H,3-5,10-15H2,1-2H3. The highest BCUT2D eigenvalue weighted by molar-refractivity contribution is 5.98. The van der Waals surface area contributed by atoms with Gasteiger partial charge >= 0.3 is 0 Å². The quantitative estimate of drug-likeness (QED) is 0.768. The van der Waals surface area contributed by atoms with Crippen LogP contribution in [-0.4, -0.2) is 62.2 Å². The molecule has 1 aromatic carbocycles. The fourth-order valence-corrected chi connectivity index (χ4v) is 4.31. The van der Waals surface area contributed by atoms with Gasteiger partial charge in [0.1, 0.15) is 11.5 Å². The van der Waals surface area contributed by atoms with Gasteiger partial charge < -0.3 is 18.9 Å². The van der Waals surface area contributed by atoms with Crippen molar-refractivity contribution in [1.29, 1.82) is 0 Å². The number of hydrogen-bond donors (Lipinski definition) is 0. The van der Waals surface area contributed by atoms with E-state index in [9.17, 15) is 4.79 Å². The number of Topliss-reactive ketones (excluding diaryl/α,β-unsaturated/α-hetero) is 1. The van der Waals surface area contributed by atoms with Gasteiger partial charge in [-0.25, -0.2) is 0 Å². The molecule has 6 heteroatoms. The van der Waals surface area contributed by atoms with Crippen LogP contribution in [0.2, 0.25) is 0 Å². The number of ketones is 1. The molecule has 4 rings (SSSR count). The lowest BCUT2D eigenvalue weighted by molar-refractivity contribution is 0.0971. The molecule has 1 saturated heterocycles. The molecule has 0 saturated carbocycles. The zero-order chi connectivity index (χ0) is 19.5. The smallest absolute Gasteiger partial charge is 0.164 e. The summed E-state index contributed by atoms with van der Waals surface area (Å²) in [5, 5.41) is 0. The van der Waals surface area contributed by atoms with Crippen LogP contribution in [0.1, 0.15) is 28.9 Å². The summed E-state index contributed by atoms with van der Waals surface area (Å²) in [5.74, 6) is 1.98. The Morgan fingerprint density at radius 1 is 0.964 bits per heavy atom. The van der Waals surface area contributed by atoms with Gasteiger partial charge in [-0.3, -0.25) is 9.69 Å². The molecule has 6 nitrogen and oxygen atoms in total. The third kappa shape index (κ3) is 3.74. The molecule has 0 radical (unpaired) electrons. The number of fused-ring (bicyclic) bond motifs is 1. The van der Waals surface area contributed by atoms with Gasteiger partial charge in [0, 0.05) is 69.2 Å². The number of hydrogen-bond acceptors (Lipinski definition) is 5. The number of aromatic nitrogens is 1. The van der Waals surface area contributed by atoms with Crippen molar-refractivity contribution in [3.63, 3.8) is 0 Å². The van der Waals surface area contributed by atoms with Gasteiger partial charge in [-0.1, -0.05) is 0 Å². The highest BCUT2D eigenvalue weighted by Crippen LogP contribution is 2.32. The van der Waals surface area contributed by atoms with Crippen molar-refractivity contribution in [2.75, 3.05) is 51.8 Å². The summed E-state index contributed by atoms with van der Waals surface area (Å²) in [6, 6.07) is 8.01. The number of benzene rings is 1. The maximum atomic E-state index is 12.0. The number of carbonyl (C=O) groups is 1. The van der Waals surface area contributed by atoms with E-state index in [1.165, 1.54) is 5.69 Å². The highest BCUT2D eigenvalue weighted by Gasteiger charge is 2.22. The Hall–Kier alpha value is -2.47. The fraction of sp³-hybridized carbons (Fsp3) is 0.500. The van der Waals surface area contributed by atoms with Gasteiger partial charge in [0.25, 0.3) is 0 Å². The van der Waals surface area contributed by atoms with E-state index in [1.54, 1.807) is 14.2 Å². The molecular weight excluding hydrogens is 354 g/mol. The molecule has 150 valence electrons. The second kappa shape index (κ2) is 8.27. The normalized spacial score (nSPS) is 17.5. The Bertz CT molecular complexity index is 838. The first-order valence-corrected chi connectivity index (χ1v) is 10.1. The molecule has 28 heavy (non-hydrogen) atoms. The summed E-state index contributed by atoms with van der Waals surface area (Å²) < 4.78 is 13.1. The number of rotatable bonds is 6. The molecule has 2 aromatic rings. The van der Waals surface area contributed by atoms with E-state index >= 15 is 0 Å². The first kappa shape index (κ1) is 18.9. The number of ether oxygens (including phenoxy) is 2. The maximum absolute atomic E-state index is 12.0. The first-order valence-electron chi connectivity index (χ1n) is 10.1. The molecule has 0 atom stereocenters. The first-order chi connectivity index (χ1) is 13.7. The second-order valence-corrected chi connectivity index (χ2v) is 7.51. The van der Waals surface area contributed by atoms with Crippen LogP contribution in [0.25, 0.3) is 0 Å². The van der Waals surface area contributed by atoms with Crippen LogP contribution in [-0.2, 0) is 13.0 Å². The predicted octanol–water partition coefficient (Wildman–Crippen LogP) is 2.85. The van der Waals surface area contributed by atoms with Crippen molar-refractivity contribution in [1.82, 2.24) is 9.47 Å². The largest absolute Gasteiger partial charge is 0.497 e. The van der Waals surface area contributed by atoms with Crippen LogP contribution < -0.4 is 14.4 Å². The third-order valence-corrected chi connectivity index (χ3v) is 5.95. The van der Waals surface area contributed by atoms with E-state index in [2.05, 4.69) is 26.6 Å². The van der Waals surface area contributed by atoms with Crippen LogP contribution in [0.15, 0.2) is 30.5 Å². The summed E-state index contributed by atoms with van der Waals surface area (Å²) in [4.78, 5) is 16.9. The van der Waals surface area contributed by atoms with E-state index in [0.717, 1.165) is 74.9 Å². The van der Waals surface area contributed by atoms with Gasteiger partial charge in [0.2, 0.25) is 0 Å². The fourth-order valence-electron chi connectivity index (χ4n) is 4.31. The molecule has 0 amide bonds. The van der Waals surface area contributed by atoms with Crippen LogP contribution >= 0.6 is 0 Å². The van der Waals surface area contributed by atoms with Crippen molar-refractivity contribution >= 4 is 11.5 Å². The van der Waals surface area contributed by atoms with E-state index in [0.29, 0.717) is 12.2 Å². The summed E-state index contributed by atoms with van der Waals surface area (Å²) in [6.07, 6.45) is 4.80. The topological polar surface area (TPSA) is 46.9 Å². The van der Waals surface area contributed by atoms with E-state index in [-0.39, 0.29) is 0 Å². The minimum atomic E-state index is 0.307. The molecule has 1 fully saturated rings. The number of methoxy groups -OCH3 is 2. The van der Waals surface area contributed by atoms with E-state index < -0.39 is 0 Å². The molecule has 0 unspecified atom stereocenters. The van der Waals surface area contributed by atoms with Crippen molar-refractivity contribution in [2.45, 2.75) is 25.8 Å². The van der Waals surface area contributed by atoms with Gasteiger partial charge in [-0.05, 0) is 31.0 Å². The Morgan fingerprint density at radius 2 is 1.79 bits per heavy atom. The average Bonchev–Trinajstić information content (AvgIpc) is 3.16. The molecule has 0 N–H and O–H groups in total. The molecule has 0 spiro atoms. The van der Waals surface area contributed by atoms with Gasteiger partial charge in [-0.15, -0.1) is 0 Å². The van der Waals surface area contributed by atoms with Gasteiger partial charge in [-0.2, -0.15) is 0 Å². The summed E-state index contributed by atoms with van der Waals surface area (Å²) in [7, 11) is 3.38. The minimum Gasteiger partial charge on any atom is -0.497 e. The van der Waals surface area contributed by atoms with Crippen LogP contribution in [0.4, 0.5) is 5.69 Å². The van der Waals surface area contributed by atoms with Crippen LogP contribution in [0.3, 0.4) is 0 Å². The number of nitrogens with zero attached hydrogens (tertiary/aromatic N) is 3.